The van der Waals surface area contributed by atoms with Gasteiger partial charge in [0.05, 0.1) is 0 Å². The highest BCUT2D eigenvalue weighted by atomic mass is 13.7. The molecule has 0 bridgehead atoms. The number of hydrogen-bond acceptors (Lipinski definition) is 0. The molecular formula is C6H10. The van der Waals surface area contributed by atoms with Gasteiger partial charge < -0.3 is 0 Å². The van der Waals surface area contributed by atoms with E-state index in [0.29, 0.717) is 0 Å². The predicted molar refractivity (Wildman–Crippen MR) is 29.1 cm³/mol. The summed E-state index contributed by atoms with van der Waals surface area (Å²) in [7, 11) is 0. The van der Waals surface area contributed by atoms with E-state index < -0.39 is 0 Å². The molecule has 0 aromatic rings. The van der Waals surface area contributed by atoms with Crippen LogP contribution in [0.15, 0.2) is 11.6 Å². The fourth-order valence-corrected chi connectivity index (χ4v) is 0.246. The van der Waals surface area contributed by atoms with Crippen molar-refractivity contribution in [3.63, 3.8) is 0 Å². The van der Waals surface area contributed by atoms with Crippen molar-refractivity contribution in [1.82, 2.24) is 0 Å². The lowest BCUT2D eigenvalue weighted by molar-refractivity contribution is 1.34. The minimum absolute atomic E-state index is 0.856. The van der Waals surface area contributed by atoms with Gasteiger partial charge in [-0.15, -0.1) is 0 Å². The topological polar surface area (TPSA) is 0 Å². The average molecular weight is 82.1 g/mol. The Morgan fingerprint density at radius 3 is 2.33 bits per heavy atom. The molecule has 0 nitrogen and oxygen atoms in total. The van der Waals surface area contributed by atoms with Gasteiger partial charge in [0.15, 0.2) is 0 Å². The highest BCUT2D eigenvalue weighted by Crippen LogP contribution is 1.87. The van der Waals surface area contributed by atoms with Crippen LogP contribution in [0.25, 0.3) is 0 Å². The molecule has 0 amide bonds. The van der Waals surface area contributed by atoms with Crippen LogP contribution < -0.4 is 0 Å². The molecule has 0 aliphatic heterocycles. The van der Waals surface area contributed by atoms with Crippen LogP contribution >= 0.6 is 0 Å². The Hall–Kier alpha value is -0.260. The molecule has 2 radical (unpaired) electrons. The molecule has 0 aliphatic rings. The van der Waals surface area contributed by atoms with Crippen LogP contribution in [0.2, 0.25) is 0 Å². The molecule has 0 aliphatic carbocycles. The molecule has 34 valence electrons. The summed E-state index contributed by atoms with van der Waals surface area (Å²) in [5, 5.41) is 0. The molecule has 0 saturated carbocycles. The van der Waals surface area contributed by atoms with Crippen molar-refractivity contribution in [3.8, 4) is 0 Å². The van der Waals surface area contributed by atoms with Crippen molar-refractivity contribution in [3.05, 3.63) is 25.5 Å². The van der Waals surface area contributed by atoms with Gasteiger partial charge >= 0.3 is 0 Å². The highest BCUT2D eigenvalue weighted by molar-refractivity contribution is 5.00. The van der Waals surface area contributed by atoms with Gasteiger partial charge in [-0.2, -0.15) is 0 Å². The maximum atomic E-state index is 3.65. The van der Waals surface area contributed by atoms with Crippen LogP contribution in [0.1, 0.15) is 13.3 Å². The van der Waals surface area contributed by atoms with Crippen LogP contribution in [-0.2, 0) is 0 Å². The van der Waals surface area contributed by atoms with Gasteiger partial charge in [0.2, 0.25) is 0 Å². The molecule has 6 heavy (non-hydrogen) atoms. The molecule has 0 unspecified atom stereocenters. The van der Waals surface area contributed by atoms with Gasteiger partial charge in [-0.05, 0) is 27.2 Å². The third-order valence-electron chi connectivity index (χ3n) is 0.493. The van der Waals surface area contributed by atoms with E-state index >= 15 is 0 Å². The van der Waals surface area contributed by atoms with Crippen molar-refractivity contribution < 1.29 is 0 Å². The Morgan fingerprint density at radius 2 is 2.33 bits per heavy atom. The van der Waals surface area contributed by atoms with Crippen molar-refractivity contribution in [1.29, 1.82) is 0 Å². The molecule has 0 aromatic heterocycles. The Labute approximate surface area is 39.9 Å². The first kappa shape index (κ1) is 5.74. The quantitative estimate of drug-likeness (QED) is 0.454. The minimum Gasteiger partial charge on any atom is -0.0856 e. The fraction of sp³-hybridized carbons (Fsp3) is 0.333. The Morgan fingerprint density at radius 1 is 1.83 bits per heavy atom. The van der Waals surface area contributed by atoms with Crippen molar-refractivity contribution in [2.45, 2.75) is 13.3 Å². The molecular weight excluding hydrogens is 72.1 g/mol. The van der Waals surface area contributed by atoms with Crippen LogP contribution in [0.4, 0.5) is 0 Å². The van der Waals surface area contributed by atoms with E-state index in [1.54, 1.807) is 0 Å². The number of hydrogen-bond donors (Lipinski definition) is 0. The van der Waals surface area contributed by atoms with Gasteiger partial charge in [-0.3, -0.25) is 0 Å². The number of rotatable bonds is 1. The maximum Gasteiger partial charge on any atom is -0.0286 e. The largest absolute Gasteiger partial charge is 0.0856 e. The van der Waals surface area contributed by atoms with Gasteiger partial charge in [0, 0.05) is 0 Å². The summed E-state index contributed by atoms with van der Waals surface area (Å²) in [6.45, 7) is 9.22. The lowest BCUT2D eigenvalue weighted by atomic mass is 10.3. The smallest absolute Gasteiger partial charge is 0.0286 e. The zero-order chi connectivity index (χ0) is 4.99. The fourth-order valence-electron chi connectivity index (χ4n) is 0.246. The minimum atomic E-state index is 0.856. The highest BCUT2D eigenvalue weighted by Gasteiger charge is 1.67. The Balaban J connectivity index is 3.14. The second-order valence-electron chi connectivity index (χ2n) is 1.34. The van der Waals surface area contributed by atoms with E-state index in [9.17, 15) is 0 Å². The average Bonchev–Trinajstić information content (AvgIpc) is 1.35. The Kier molecular flexibility index (Phi) is 2.82. The predicted octanol–water partition coefficient (Wildman–Crippen LogP) is 1.99. The monoisotopic (exact) mass is 82.1 g/mol. The molecule has 0 heteroatoms. The standard InChI is InChI=1S/C6H10/c1-4-5-6(2)3/h5H,1-2,4H2,3H3. The van der Waals surface area contributed by atoms with Gasteiger partial charge in [0.1, 0.15) is 0 Å². The second-order valence-corrected chi connectivity index (χ2v) is 1.34. The zero-order valence-corrected chi connectivity index (χ0v) is 4.20. The molecule has 0 aromatic carbocycles. The van der Waals surface area contributed by atoms with E-state index in [1.807, 2.05) is 13.0 Å². The molecule has 0 rings (SSSR count). The molecule has 0 atom stereocenters. The van der Waals surface area contributed by atoms with Crippen LogP contribution in [0.3, 0.4) is 0 Å². The summed E-state index contributed by atoms with van der Waals surface area (Å²) in [5.41, 5.74) is 1.10. The Bertz CT molecular complexity index is 47.1. The summed E-state index contributed by atoms with van der Waals surface area (Å²) < 4.78 is 0. The lowest BCUT2D eigenvalue weighted by Crippen LogP contribution is -1.59. The van der Waals surface area contributed by atoms with Crippen LogP contribution in [0.5, 0.6) is 0 Å². The first-order valence-electron chi connectivity index (χ1n) is 2.05. The van der Waals surface area contributed by atoms with E-state index in [4.69, 9.17) is 0 Å². The van der Waals surface area contributed by atoms with E-state index in [2.05, 4.69) is 13.8 Å². The van der Waals surface area contributed by atoms with Gasteiger partial charge in [0.25, 0.3) is 0 Å². The van der Waals surface area contributed by atoms with Crippen molar-refractivity contribution in [2.24, 2.45) is 0 Å². The summed E-state index contributed by atoms with van der Waals surface area (Å²) in [6.07, 6.45) is 2.84. The lowest BCUT2D eigenvalue weighted by Gasteiger charge is -1.79. The number of allylic oxidation sites excluding steroid dienone is 2. The zero-order valence-electron chi connectivity index (χ0n) is 4.20. The van der Waals surface area contributed by atoms with Crippen molar-refractivity contribution >= 4 is 0 Å². The normalized spacial score (nSPS) is 12.2. The molecule has 0 fully saturated rings. The van der Waals surface area contributed by atoms with Gasteiger partial charge in [-0.25, -0.2) is 0 Å². The third-order valence-corrected chi connectivity index (χ3v) is 0.493. The van der Waals surface area contributed by atoms with E-state index in [1.165, 1.54) is 0 Å². The summed E-state index contributed by atoms with van der Waals surface area (Å²) in [6, 6.07) is 0. The first-order valence-corrected chi connectivity index (χ1v) is 2.05. The maximum absolute atomic E-state index is 3.65. The third kappa shape index (κ3) is 3.74. The van der Waals surface area contributed by atoms with Crippen molar-refractivity contribution in [2.75, 3.05) is 0 Å². The van der Waals surface area contributed by atoms with E-state index in [0.717, 1.165) is 12.0 Å². The summed E-state index contributed by atoms with van der Waals surface area (Å²) in [4.78, 5) is 0. The SMILES string of the molecule is [CH2]CC=C([CH2])C. The first-order chi connectivity index (χ1) is 2.77. The van der Waals surface area contributed by atoms with E-state index in [-0.39, 0.29) is 0 Å². The summed E-state index contributed by atoms with van der Waals surface area (Å²) in [5.74, 6) is 0. The van der Waals surface area contributed by atoms with Crippen LogP contribution in [-0.4, -0.2) is 0 Å². The molecule has 0 N–H and O–H groups in total. The van der Waals surface area contributed by atoms with Gasteiger partial charge in [-0.1, -0.05) is 11.6 Å². The second kappa shape index (κ2) is 2.95. The molecule has 0 heterocycles. The molecule has 0 spiro atoms. The van der Waals surface area contributed by atoms with Crippen LogP contribution in [0, 0.1) is 13.8 Å². The summed E-state index contributed by atoms with van der Waals surface area (Å²) >= 11 is 0. The molecule has 0 saturated heterocycles.